The van der Waals surface area contributed by atoms with Gasteiger partial charge >= 0.3 is 0 Å². The molecule has 3 rings (SSSR count). The van der Waals surface area contributed by atoms with E-state index in [4.69, 9.17) is 4.42 Å². The monoisotopic (exact) mass is 298 g/mol. The summed E-state index contributed by atoms with van der Waals surface area (Å²) in [7, 11) is 0. The van der Waals surface area contributed by atoms with Gasteiger partial charge in [-0.15, -0.1) is 11.3 Å². The Morgan fingerprint density at radius 2 is 2.00 bits per heavy atom. The molecule has 108 valence electrons. The number of aromatic nitrogens is 1. The minimum atomic E-state index is 0.312. The summed E-state index contributed by atoms with van der Waals surface area (Å²) >= 11 is 1.88. The van der Waals surface area contributed by atoms with Crippen LogP contribution in [0.15, 0.2) is 53.4 Å². The van der Waals surface area contributed by atoms with Gasteiger partial charge in [0.15, 0.2) is 12.2 Å². The summed E-state index contributed by atoms with van der Waals surface area (Å²) in [5.74, 6) is 0.792. The first kappa shape index (κ1) is 13.9. The van der Waals surface area contributed by atoms with E-state index in [1.807, 2.05) is 23.5 Å². The van der Waals surface area contributed by atoms with Crippen LogP contribution in [-0.2, 0) is 6.42 Å². The fourth-order valence-electron chi connectivity index (χ4n) is 2.23. The average molecular weight is 298 g/mol. The van der Waals surface area contributed by atoms with Crippen LogP contribution in [0.1, 0.15) is 29.6 Å². The maximum Gasteiger partial charge on any atom is 0.181 e. The van der Waals surface area contributed by atoms with Gasteiger partial charge in [0.25, 0.3) is 0 Å². The van der Waals surface area contributed by atoms with E-state index >= 15 is 0 Å². The summed E-state index contributed by atoms with van der Waals surface area (Å²) in [6.07, 6.45) is 4.28. The number of nitrogens with one attached hydrogen (secondary N) is 1. The highest BCUT2D eigenvalue weighted by molar-refractivity contribution is 7.12. The molecule has 1 atom stereocenters. The predicted octanol–water partition coefficient (Wildman–Crippen LogP) is 5.14. The highest BCUT2D eigenvalue weighted by Crippen LogP contribution is 2.27. The molecule has 0 radical (unpaired) electrons. The van der Waals surface area contributed by atoms with Crippen LogP contribution in [-0.4, -0.2) is 4.98 Å². The van der Waals surface area contributed by atoms with Gasteiger partial charge in [-0.3, -0.25) is 0 Å². The van der Waals surface area contributed by atoms with E-state index < -0.39 is 0 Å². The van der Waals surface area contributed by atoms with E-state index in [-0.39, 0.29) is 0 Å². The highest BCUT2D eigenvalue weighted by Gasteiger charge is 2.08. The third kappa shape index (κ3) is 3.16. The van der Waals surface area contributed by atoms with Crippen LogP contribution in [0.2, 0.25) is 0 Å². The summed E-state index contributed by atoms with van der Waals surface area (Å²) < 4.78 is 5.30. The van der Waals surface area contributed by atoms with Gasteiger partial charge in [-0.05, 0) is 49.7 Å². The van der Waals surface area contributed by atoms with Crippen LogP contribution >= 0.6 is 11.3 Å². The number of rotatable bonds is 5. The molecule has 3 nitrogen and oxygen atoms in total. The zero-order valence-corrected chi connectivity index (χ0v) is 13.0. The zero-order chi connectivity index (χ0) is 14.7. The Labute approximate surface area is 128 Å². The van der Waals surface area contributed by atoms with Crippen LogP contribution in [0, 0.1) is 0 Å². The van der Waals surface area contributed by atoms with Crippen LogP contribution in [0.5, 0.6) is 0 Å². The maximum atomic E-state index is 5.30. The van der Waals surface area contributed by atoms with Crippen molar-refractivity contribution in [2.45, 2.75) is 26.3 Å². The Bertz CT molecular complexity index is 686. The Morgan fingerprint density at radius 3 is 2.62 bits per heavy atom. The van der Waals surface area contributed by atoms with Crippen molar-refractivity contribution in [1.82, 2.24) is 4.98 Å². The SMILES string of the molecule is CCc1ccc(C(C)Nc2ccc(-c3cnco3)cc2)s1. The van der Waals surface area contributed by atoms with Crippen molar-refractivity contribution in [2.24, 2.45) is 0 Å². The molecule has 0 fully saturated rings. The normalized spacial score (nSPS) is 12.3. The van der Waals surface area contributed by atoms with Crippen molar-refractivity contribution in [3.63, 3.8) is 0 Å². The fraction of sp³-hybridized carbons (Fsp3) is 0.235. The molecule has 1 aromatic carbocycles. The summed E-state index contributed by atoms with van der Waals surface area (Å²) in [6, 6.07) is 13.0. The second kappa shape index (κ2) is 6.14. The van der Waals surface area contributed by atoms with E-state index in [1.165, 1.54) is 16.1 Å². The van der Waals surface area contributed by atoms with Gasteiger partial charge in [0.05, 0.1) is 12.2 Å². The van der Waals surface area contributed by atoms with Crippen molar-refractivity contribution >= 4 is 17.0 Å². The lowest BCUT2D eigenvalue weighted by Crippen LogP contribution is -2.04. The molecular weight excluding hydrogens is 280 g/mol. The van der Waals surface area contributed by atoms with E-state index in [2.05, 4.69) is 48.4 Å². The smallest absolute Gasteiger partial charge is 0.181 e. The summed E-state index contributed by atoms with van der Waals surface area (Å²) in [5.41, 5.74) is 2.15. The van der Waals surface area contributed by atoms with Crippen LogP contribution in [0.4, 0.5) is 5.69 Å². The number of nitrogens with zero attached hydrogens (tertiary/aromatic N) is 1. The molecule has 0 aliphatic heterocycles. The third-order valence-electron chi connectivity index (χ3n) is 3.44. The lowest BCUT2D eigenvalue weighted by Gasteiger charge is -2.14. The molecule has 4 heteroatoms. The summed E-state index contributed by atoms with van der Waals surface area (Å²) in [4.78, 5) is 6.74. The number of aryl methyl sites for hydroxylation is 1. The van der Waals surface area contributed by atoms with Crippen molar-refractivity contribution < 1.29 is 4.42 Å². The third-order valence-corrected chi connectivity index (χ3v) is 4.85. The molecule has 2 aromatic heterocycles. The summed E-state index contributed by atoms with van der Waals surface area (Å²) in [6.45, 7) is 4.38. The molecule has 0 spiro atoms. The van der Waals surface area contributed by atoms with Crippen molar-refractivity contribution in [3.8, 4) is 11.3 Å². The molecule has 0 bridgehead atoms. The number of hydrogen-bond donors (Lipinski definition) is 1. The van der Waals surface area contributed by atoms with Crippen molar-refractivity contribution in [3.05, 3.63) is 58.7 Å². The first-order valence-electron chi connectivity index (χ1n) is 7.10. The minimum Gasteiger partial charge on any atom is -0.444 e. The first-order valence-corrected chi connectivity index (χ1v) is 7.92. The number of thiophene rings is 1. The van der Waals surface area contributed by atoms with Crippen LogP contribution < -0.4 is 5.32 Å². The Kier molecular flexibility index (Phi) is 4.06. The van der Waals surface area contributed by atoms with Gasteiger partial charge in [-0.25, -0.2) is 4.98 Å². The quantitative estimate of drug-likeness (QED) is 0.709. The molecule has 21 heavy (non-hydrogen) atoms. The average Bonchev–Trinajstić information content (AvgIpc) is 3.19. The number of oxazole rings is 1. The molecule has 2 heterocycles. The molecule has 0 saturated heterocycles. The van der Waals surface area contributed by atoms with E-state index in [1.54, 1.807) is 6.20 Å². The fourth-order valence-corrected chi connectivity index (χ4v) is 3.18. The van der Waals surface area contributed by atoms with Crippen molar-refractivity contribution in [2.75, 3.05) is 5.32 Å². The van der Waals surface area contributed by atoms with Crippen LogP contribution in [0.25, 0.3) is 11.3 Å². The van der Waals surface area contributed by atoms with Gasteiger partial charge in [-0.1, -0.05) is 6.92 Å². The molecule has 1 N–H and O–H groups in total. The standard InChI is InChI=1S/C17H18N2OS/c1-3-15-8-9-17(21-15)12(2)19-14-6-4-13(5-7-14)16-10-18-11-20-16/h4-12,19H,3H2,1-2H3. The van der Waals surface area contributed by atoms with Gasteiger partial charge in [0.2, 0.25) is 0 Å². The lowest BCUT2D eigenvalue weighted by molar-refractivity contribution is 0.572. The first-order chi connectivity index (χ1) is 10.3. The molecule has 0 saturated carbocycles. The Morgan fingerprint density at radius 1 is 1.19 bits per heavy atom. The molecule has 0 amide bonds. The predicted molar refractivity (Wildman–Crippen MR) is 87.7 cm³/mol. The molecular formula is C17H18N2OS. The van der Waals surface area contributed by atoms with Gasteiger partial charge < -0.3 is 9.73 Å². The van der Waals surface area contributed by atoms with Crippen LogP contribution in [0.3, 0.4) is 0 Å². The lowest BCUT2D eigenvalue weighted by atomic mass is 10.1. The van der Waals surface area contributed by atoms with Gasteiger partial charge in [0.1, 0.15) is 0 Å². The largest absolute Gasteiger partial charge is 0.444 e. The molecule has 0 aliphatic carbocycles. The molecule has 0 aliphatic rings. The Balaban J connectivity index is 1.70. The zero-order valence-electron chi connectivity index (χ0n) is 12.2. The van der Waals surface area contributed by atoms with E-state index in [0.717, 1.165) is 23.4 Å². The number of hydrogen-bond acceptors (Lipinski definition) is 4. The van der Waals surface area contributed by atoms with Crippen molar-refractivity contribution in [1.29, 1.82) is 0 Å². The second-order valence-corrected chi connectivity index (χ2v) is 6.17. The van der Waals surface area contributed by atoms with Gasteiger partial charge in [-0.2, -0.15) is 0 Å². The highest BCUT2D eigenvalue weighted by atomic mass is 32.1. The van der Waals surface area contributed by atoms with Gasteiger partial charge in [0, 0.05) is 21.0 Å². The maximum absolute atomic E-state index is 5.30. The molecule has 1 unspecified atom stereocenters. The number of anilines is 1. The molecule has 3 aromatic rings. The van der Waals surface area contributed by atoms with E-state index in [0.29, 0.717) is 6.04 Å². The Hall–Kier alpha value is -2.07. The summed E-state index contributed by atoms with van der Waals surface area (Å²) in [5, 5.41) is 3.53. The topological polar surface area (TPSA) is 38.1 Å². The number of benzene rings is 1. The van der Waals surface area contributed by atoms with E-state index in [9.17, 15) is 0 Å². The second-order valence-electron chi connectivity index (χ2n) is 4.97. The minimum absolute atomic E-state index is 0.312.